The predicted molar refractivity (Wildman–Crippen MR) is 91.4 cm³/mol. The van der Waals surface area contributed by atoms with Crippen LogP contribution in [-0.4, -0.2) is 40.1 Å². The first kappa shape index (κ1) is 16.8. The molecule has 130 valence electrons. The molecule has 6 nitrogen and oxygen atoms in total. The van der Waals surface area contributed by atoms with Crippen molar-refractivity contribution >= 4 is 17.4 Å². The molecule has 3 rings (SSSR count). The van der Waals surface area contributed by atoms with Crippen LogP contribution in [0, 0.1) is 6.92 Å². The van der Waals surface area contributed by atoms with Crippen LogP contribution in [0.3, 0.4) is 0 Å². The minimum Gasteiger partial charge on any atom is -0.508 e. The Morgan fingerprint density at radius 1 is 1.32 bits per heavy atom. The molecule has 0 radical (unpaired) electrons. The number of amides is 1. The lowest BCUT2D eigenvalue weighted by molar-refractivity contribution is -0.136. The molecule has 0 aliphatic carbocycles. The number of hydrogen-bond acceptors (Lipinski definition) is 4. The van der Waals surface area contributed by atoms with Crippen molar-refractivity contribution < 1.29 is 24.2 Å². The van der Waals surface area contributed by atoms with Crippen LogP contribution < -0.4 is 0 Å². The molecule has 0 saturated heterocycles. The van der Waals surface area contributed by atoms with Crippen LogP contribution in [0.5, 0.6) is 5.75 Å². The molecule has 1 amide bonds. The van der Waals surface area contributed by atoms with Crippen molar-refractivity contribution in [3.63, 3.8) is 0 Å². The van der Waals surface area contributed by atoms with Crippen molar-refractivity contribution in [2.45, 2.75) is 19.8 Å². The average molecular weight is 341 g/mol. The molecule has 2 heterocycles. The Morgan fingerprint density at radius 2 is 2.12 bits per heavy atom. The van der Waals surface area contributed by atoms with E-state index in [1.54, 1.807) is 30.0 Å². The van der Waals surface area contributed by atoms with Gasteiger partial charge in [0.25, 0.3) is 5.91 Å². The first-order valence-electron chi connectivity index (χ1n) is 8.02. The Kier molecular flexibility index (Phi) is 4.61. The van der Waals surface area contributed by atoms with E-state index < -0.39 is 5.97 Å². The largest absolute Gasteiger partial charge is 0.508 e. The molecule has 1 aliphatic heterocycles. The second-order valence-electron chi connectivity index (χ2n) is 6.08. The van der Waals surface area contributed by atoms with Crippen molar-refractivity contribution in [1.29, 1.82) is 0 Å². The zero-order chi connectivity index (χ0) is 18.0. The molecule has 6 heteroatoms. The summed E-state index contributed by atoms with van der Waals surface area (Å²) in [5, 5.41) is 18.6. The number of phenolic OH excluding ortho intramolecular Hbond substituents is 1. The van der Waals surface area contributed by atoms with Crippen LogP contribution in [0.25, 0.3) is 5.57 Å². The standard InChI is InChI=1S/C19H19NO5/c1-12-11-25-16(9-17(22)23)18(12)19(24)20-7-3-5-14(10-20)13-4-2-6-15(21)8-13/h2,4-6,8,11,21H,3,7,9-10H2,1H3,(H,22,23). The number of carbonyl (C=O) groups excluding carboxylic acids is 1. The number of aryl methyl sites for hydroxylation is 1. The average Bonchev–Trinajstić information content (AvgIpc) is 2.94. The lowest BCUT2D eigenvalue weighted by Gasteiger charge is -2.28. The van der Waals surface area contributed by atoms with E-state index in [0.717, 1.165) is 11.1 Å². The minimum atomic E-state index is -1.04. The quantitative estimate of drug-likeness (QED) is 0.892. The van der Waals surface area contributed by atoms with Crippen molar-refractivity contribution in [3.8, 4) is 5.75 Å². The van der Waals surface area contributed by atoms with Gasteiger partial charge in [0, 0.05) is 18.7 Å². The number of furan rings is 1. The number of carboxylic acids is 1. The maximum absolute atomic E-state index is 12.9. The van der Waals surface area contributed by atoms with E-state index in [0.29, 0.717) is 30.6 Å². The third-order valence-corrected chi connectivity index (χ3v) is 4.23. The number of nitrogens with zero attached hydrogens (tertiary/aromatic N) is 1. The SMILES string of the molecule is Cc1coc(CC(=O)O)c1C(=O)N1CCC=C(c2cccc(O)c2)C1. The fourth-order valence-corrected chi connectivity index (χ4v) is 3.04. The summed E-state index contributed by atoms with van der Waals surface area (Å²) in [5.74, 6) is -0.907. The van der Waals surface area contributed by atoms with Gasteiger partial charge in [-0.05, 0) is 36.6 Å². The van der Waals surface area contributed by atoms with Gasteiger partial charge in [0.2, 0.25) is 0 Å². The van der Waals surface area contributed by atoms with Crippen LogP contribution in [0.1, 0.15) is 33.7 Å². The van der Waals surface area contributed by atoms with Gasteiger partial charge in [-0.3, -0.25) is 9.59 Å². The van der Waals surface area contributed by atoms with Crippen molar-refractivity contribution in [2.24, 2.45) is 0 Å². The highest BCUT2D eigenvalue weighted by molar-refractivity contribution is 5.98. The smallest absolute Gasteiger partial charge is 0.311 e. The van der Waals surface area contributed by atoms with Gasteiger partial charge < -0.3 is 19.5 Å². The first-order chi connectivity index (χ1) is 12.0. The highest BCUT2D eigenvalue weighted by Crippen LogP contribution is 2.26. The molecule has 0 unspecified atom stereocenters. The predicted octanol–water partition coefficient (Wildman–Crippen LogP) is 2.85. The number of phenols is 1. The third-order valence-electron chi connectivity index (χ3n) is 4.23. The molecular formula is C19H19NO5. The Labute approximate surface area is 145 Å². The second-order valence-corrected chi connectivity index (χ2v) is 6.08. The van der Waals surface area contributed by atoms with Crippen LogP contribution in [0.4, 0.5) is 0 Å². The van der Waals surface area contributed by atoms with Gasteiger partial charge in [-0.15, -0.1) is 0 Å². The molecule has 2 N–H and O–H groups in total. The summed E-state index contributed by atoms with van der Waals surface area (Å²) in [6, 6.07) is 6.91. The van der Waals surface area contributed by atoms with Gasteiger partial charge in [0.05, 0.1) is 11.8 Å². The number of benzene rings is 1. The van der Waals surface area contributed by atoms with E-state index in [1.165, 1.54) is 6.26 Å². The van der Waals surface area contributed by atoms with Crippen LogP contribution in [0.15, 0.2) is 41.0 Å². The summed E-state index contributed by atoms with van der Waals surface area (Å²) >= 11 is 0. The topological polar surface area (TPSA) is 91.0 Å². The Bertz CT molecular complexity index is 849. The van der Waals surface area contributed by atoms with E-state index >= 15 is 0 Å². The molecule has 0 atom stereocenters. The number of aromatic hydroxyl groups is 1. The van der Waals surface area contributed by atoms with Gasteiger partial charge in [-0.2, -0.15) is 0 Å². The van der Waals surface area contributed by atoms with Crippen molar-refractivity contribution in [2.75, 3.05) is 13.1 Å². The molecule has 1 aromatic heterocycles. The van der Waals surface area contributed by atoms with E-state index in [9.17, 15) is 14.7 Å². The summed E-state index contributed by atoms with van der Waals surface area (Å²) in [6.45, 7) is 2.69. The van der Waals surface area contributed by atoms with E-state index in [1.807, 2.05) is 6.07 Å². The van der Waals surface area contributed by atoms with E-state index in [-0.39, 0.29) is 23.8 Å². The summed E-state index contributed by atoms with van der Waals surface area (Å²) in [6.07, 6.45) is 3.85. The molecule has 1 aromatic carbocycles. The van der Waals surface area contributed by atoms with Crippen LogP contribution in [0.2, 0.25) is 0 Å². The molecule has 0 bridgehead atoms. The molecule has 2 aromatic rings. The van der Waals surface area contributed by atoms with Crippen molar-refractivity contribution in [1.82, 2.24) is 4.90 Å². The zero-order valence-corrected chi connectivity index (χ0v) is 13.9. The molecule has 0 spiro atoms. The molecular weight excluding hydrogens is 322 g/mol. The second kappa shape index (κ2) is 6.84. The van der Waals surface area contributed by atoms with Crippen molar-refractivity contribution in [3.05, 3.63) is 59.1 Å². The molecule has 0 fully saturated rings. The molecule has 0 saturated carbocycles. The number of rotatable bonds is 4. The third kappa shape index (κ3) is 3.57. The van der Waals surface area contributed by atoms with Gasteiger partial charge in [0.15, 0.2) is 0 Å². The Hall–Kier alpha value is -3.02. The van der Waals surface area contributed by atoms with E-state index in [2.05, 4.69) is 6.08 Å². The first-order valence-corrected chi connectivity index (χ1v) is 8.02. The normalized spacial score (nSPS) is 14.3. The summed E-state index contributed by atoms with van der Waals surface area (Å²) < 4.78 is 5.27. The van der Waals surface area contributed by atoms with Crippen LogP contribution in [-0.2, 0) is 11.2 Å². The monoisotopic (exact) mass is 341 g/mol. The van der Waals surface area contributed by atoms with Gasteiger partial charge in [-0.1, -0.05) is 18.2 Å². The van der Waals surface area contributed by atoms with Gasteiger partial charge in [0.1, 0.15) is 17.9 Å². The summed E-state index contributed by atoms with van der Waals surface area (Å²) in [4.78, 5) is 25.6. The number of hydrogen-bond donors (Lipinski definition) is 2. The maximum Gasteiger partial charge on any atom is 0.311 e. The summed E-state index contributed by atoms with van der Waals surface area (Å²) in [5.41, 5.74) is 2.79. The van der Waals surface area contributed by atoms with Crippen LogP contribution >= 0.6 is 0 Å². The molecule has 25 heavy (non-hydrogen) atoms. The number of carboxylic acid groups (broad SMARTS) is 1. The maximum atomic E-state index is 12.9. The highest BCUT2D eigenvalue weighted by Gasteiger charge is 2.27. The lowest BCUT2D eigenvalue weighted by atomic mass is 9.99. The summed E-state index contributed by atoms with van der Waals surface area (Å²) in [7, 11) is 0. The highest BCUT2D eigenvalue weighted by atomic mass is 16.4. The fourth-order valence-electron chi connectivity index (χ4n) is 3.04. The fraction of sp³-hybridized carbons (Fsp3) is 0.263. The molecule has 1 aliphatic rings. The van der Waals surface area contributed by atoms with E-state index in [4.69, 9.17) is 9.52 Å². The van der Waals surface area contributed by atoms with Gasteiger partial charge >= 0.3 is 5.97 Å². The Balaban J connectivity index is 1.84. The van der Waals surface area contributed by atoms with Gasteiger partial charge in [-0.25, -0.2) is 0 Å². The Morgan fingerprint density at radius 3 is 2.84 bits per heavy atom. The number of carbonyl (C=O) groups is 2. The minimum absolute atomic E-state index is 0.177. The zero-order valence-electron chi connectivity index (χ0n) is 13.9. The lowest BCUT2D eigenvalue weighted by Crippen LogP contribution is -2.36. The number of aliphatic carboxylic acids is 1.